The van der Waals surface area contributed by atoms with Crippen molar-refractivity contribution in [3.8, 4) is 5.88 Å². The average Bonchev–Trinajstić information content (AvgIpc) is 2.64. The summed E-state index contributed by atoms with van der Waals surface area (Å²) in [5, 5.41) is 0. The number of aromatic amines is 1. The number of anilines is 1. The average molecular weight is 474 g/mol. The number of hydrogen-bond donors (Lipinski definition) is 1. The molecule has 1 aromatic heterocycles. The third-order valence-corrected chi connectivity index (χ3v) is 4.66. The number of carbonyl (C=O) groups excluding carboxylic acids is 1. The Balaban J connectivity index is 2.23. The van der Waals surface area contributed by atoms with Crippen LogP contribution in [0.3, 0.4) is 0 Å². The largest absolute Gasteiger partial charge is 0.472 e. The molecule has 2 aromatic rings. The van der Waals surface area contributed by atoms with E-state index in [1.807, 2.05) is 13.8 Å². The van der Waals surface area contributed by atoms with Gasteiger partial charge in [-0.1, -0.05) is 0 Å². The zero-order valence-corrected chi connectivity index (χ0v) is 17.9. The predicted molar refractivity (Wildman–Crippen MR) is 107 cm³/mol. The van der Waals surface area contributed by atoms with Gasteiger partial charge >= 0.3 is 5.97 Å². The molecule has 0 radical (unpaired) electrons. The van der Waals surface area contributed by atoms with Crippen LogP contribution < -0.4 is 15.2 Å². The summed E-state index contributed by atoms with van der Waals surface area (Å²) in [6, 6.07) is 3.03. The fourth-order valence-corrected chi connectivity index (χ4v) is 2.80. The Morgan fingerprint density at radius 3 is 2.69 bits per heavy atom. The Bertz CT molecular complexity index is 921. The van der Waals surface area contributed by atoms with Gasteiger partial charge in [0.05, 0.1) is 13.0 Å². The van der Waals surface area contributed by atoms with Crippen LogP contribution >= 0.6 is 15.9 Å². The highest BCUT2D eigenvalue weighted by atomic mass is 79.9. The first-order valence-corrected chi connectivity index (χ1v) is 9.81. The SMILES string of the molecule is CCOC(=O)CCN(c1nc(OCc2ccc(F)cc2F)c(Br)c(=O)[nH]1)C(C)C. The molecule has 0 saturated heterocycles. The molecule has 0 bridgehead atoms. The van der Waals surface area contributed by atoms with E-state index in [0.29, 0.717) is 0 Å². The Labute approximate surface area is 175 Å². The molecule has 1 heterocycles. The van der Waals surface area contributed by atoms with Gasteiger partial charge in [-0.2, -0.15) is 4.98 Å². The van der Waals surface area contributed by atoms with E-state index >= 15 is 0 Å². The van der Waals surface area contributed by atoms with E-state index < -0.39 is 17.2 Å². The zero-order chi connectivity index (χ0) is 21.6. The molecule has 7 nitrogen and oxygen atoms in total. The molecule has 2 rings (SSSR count). The molecule has 1 N–H and O–H groups in total. The Hall–Kier alpha value is -2.49. The molecular formula is C19H22BrF2N3O4. The fraction of sp³-hybridized carbons (Fsp3) is 0.421. The number of aromatic nitrogens is 2. The summed E-state index contributed by atoms with van der Waals surface area (Å²) < 4.78 is 37.3. The lowest BCUT2D eigenvalue weighted by molar-refractivity contribution is -0.142. The first kappa shape index (κ1) is 22.8. The standard InChI is InChI=1S/C19H22BrF2N3O4/c1-4-28-15(26)7-8-25(11(2)3)19-23-17(27)16(20)18(24-19)29-10-12-5-6-13(21)9-14(12)22/h5-6,9,11H,4,7-8,10H2,1-3H3,(H,23,24,27). The van der Waals surface area contributed by atoms with Crippen LogP contribution in [-0.2, 0) is 16.1 Å². The van der Waals surface area contributed by atoms with Crippen molar-refractivity contribution in [2.24, 2.45) is 0 Å². The van der Waals surface area contributed by atoms with Crippen LogP contribution in [0.2, 0.25) is 0 Å². The smallest absolute Gasteiger partial charge is 0.307 e. The van der Waals surface area contributed by atoms with Gasteiger partial charge in [-0.05, 0) is 48.8 Å². The van der Waals surface area contributed by atoms with Crippen LogP contribution in [0.5, 0.6) is 5.88 Å². The summed E-state index contributed by atoms with van der Waals surface area (Å²) >= 11 is 3.11. The summed E-state index contributed by atoms with van der Waals surface area (Å²) in [6.45, 7) is 5.78. The second kappa shape index (κ2) is 10.3. The van der Waals surface area contributed by atoms with E-state index in [-0.39, 0.29) is 60.1 Å². The molecule has 29 heavy (non-hydrogen) atoms. The molecule has 0 amide bonds. The highest BCUT2D eigenvalue weighted by Crippen LogP contribution is 2.23. The number of benzene rings is 1. The Morgan fingerprint density at radius 1 is 1.34 bits per heavy atom. The van der Waals surface area contributed by atoms with Crippen molar-refractivity contribution in [3.05, 3.63) is 50.2 Å². The van der Waals surface area contributed by atoms with Crippen molar-refractivity contribution in [1.82, 2.24) is 9.97 Å². The highest BCUT2D eigenvalue weighted by molar-refractivity contribution is 9.10. The van der Waals surface area contributed by atoms with Gasteiger partial charge in [-0.3, -0.25) is 14.6 Å². The Kier molecular flexibility index (Phi) is 8.12. The molecule has 0 spiro atoms. The lowest BCUT2D eigenvalue weighted by Gasteiger charge is -2.27. The fourth-order valence-electron chi connectivity index (χ4n) is 2.50. The quantitative estimate of drug-likeness (QED) is 0.560. The maximum absolute atomic E-state index is 13.8. The predicted octanol–water partition coefficient (Wildman–Crippen LogP) is 3.56. The van der Waals surface area contributed by atoms with Gasteiger partial charge in [0.25, 0.3) is 5.56 Å². The normalized spacial score (nSPS) is 10.9. The molecule has 10 heteroatoms. The van der Waals surface area contributed by atoms with Crippen LogP contribution in [0, 0.1) is 11.6 Å². The van der Waals surface area contributed by atoms with Crippen LogP contribution in [0.4, 0.5) is 14.7 Å². The summed E-state index contributed by atoms with van der Waals surface area (Å²) in [5.41, 5.74) is -0.378. The minimum absolute atomic E-state index is 0.0397. The summed E-state index contributed by atoms with van der Waals surface area (Å²) in [7, 11) is 0. The van der Waals surface area contributed by atoms with E-state index in [2.05, 4.69) is 25.9 Å². The monoisotopic (exact) mass is 473 g/mol. The molecule has 0 atom stereocenters. The lowest BCUT2D eigenvalue weighted by atomic mass is 10.2. The number of nitrogens with zero attached hydrogens (tertiary/aromatic N) is 2. The van der Waals surface area contributed by atoms with E-state index in [9.17, 15) is 18.4 Å². The van der Waals surface area contributed by atoms with Crippen LogP contribution in [0.15, 0.2) is 27.5 Å². The summed E-state index contributed by atoms with van der Waals surface area (Å²) in [5.74, 6) is -1.66. The topological polar surface area (TPSA) is 84.5 Å². The van der Waals surface area contributed by atoms with E-state index in [1.54, 1.807) is 11.8 Å². The zero-order valence-electron chi connectivity index (χ0n) is 16.3. The molecule has 0 saturated carbocycles. The first-order chi connectivity index (χ1) is 13.7. The number of H-pyrrole nitrogens is 1. The second-order valence-corrected chi connectivity index (χ2v) is 7.17. The van der Waals surface area contributed by atoms with Crippen LogP contribution in [0.1, 0.15) is 32.8 Å². The molecule has 0 aliphatic heterocycles. The van der Waals surface area contributed by atoms with E-state index in [4.69, 9.17) is 9.47 Å². The third kappa shape index (κ3) is 6.25. The molecule has 0 unspecified atom stereocenters. The molecule has 0 aliphatic rings. The summed E-state index contributed by atoms with van der Waals surface area (Å²) in [4.78, 5) is 32.6. The third-order valence-electron chi connectivity index (χ3n) is 3.96. The van der Waals surface area contributed by atoms with Gasteiger partial charge in [0.1, 0.15) is 22.7 Å². The minimum atomic E-state index is -0.760. The van der Waals surface area contributed by atoms with Crippen molar-refractivity contribution in [1.29, 1.82) is 0 Å². The number of esters is 1. The van der Waals surface area contributed by atoms with Gasteiger partial charge < -0.3 is 14.4 Å². The first-order valence-electron chi connectivity index (χ1n) is 9.01. The maximum Gasteiger partial charge on any atom is 0.307 e. The van der Waals surface area contributed by atoms with Crippen LogP contribution in [0.25, 0.3) is 0 Å². The molecule has 158 valence electrons. The number of ether oxygens (including phenoxy) is 2. The Morgan fingerprint density at radius 2 is 2.07 bits per heavy atom. The van der Waals surface area contributed by atoms with Gasteiger partial charge in [-0.25, -0.2) is 8.78 Å². The van der Waals surface area contributed by atoms with E-state index in [1.165, 1.54) is 6.07 Å². The minimum Gasteiger partial charge on any atom is -0.472 e. The van der Waals surface area contributed by atoms with Crippen molar-refractivity contribution in [2.45, 2.75) is 39.8 Å². The lowest BCUT2D eigenvalue weighted by Crippen LogP contribution is -2.36. The number of carbonyl (C=O) groups is 1. The van der Waals surface area contributed by atoms with Gasteiger partial charge in [0, 0.05) is 24.2 Å². The molecule has 0 fully saturated rings. The van der Waals surface area contributed by atoms with Crippen molar-refractivity contribution >= 4 is 27.8 Å². The number of nitrogens with one attached hydrogen (secondary N) is 1. The number of hydrogen-bond acceptors (Lipinski definition) is 6. The summed E-state index contributed by atoms with van der Waals surface area (Å²) in [6.07, 6.45) is 0.114. The number of halogens is 3. The number of rotatable bonds is 9. The second-order valence-electron chi connectivity index (χ2n) is 6.38. The highest BCUT2D eigenvalue weighted by Gasteiger charge is 2.19. The van der Waals surface area contributed by atoms with E-state index in [0.717, 1.165) is 12.1 Å². The maximum atomic E-state index is 13.8. The van der Waals surface area contributed by atoms with Crippen molar-refractivity contribution in [2.75, 3.05) is 18.1 Å². The molecule has 0 aliphatic carbocycles. The van der Waals surface area contributed by atoms with Gasteiger partial charge in [0.2, 0.25) is 11.8 Å². The molecular weight excluding hydrogens is 452 g/mol. The van der Waals surface area contributed by atoms with Crippen LogP contribution in [-0.4, -0.2) is 35.1 Å². The molecule has 1 aromatic carbocycles. The van der Waals surface area contributed by atoms with Gasteiger partial charge in [-0.15, -0.1) is 0 Å². The van der Waals surface area contributed by atoms with Gasteiger partial charge in [0.15, 0.2) is 0 Å². The van der Waals surface area contributed by atoms with Crippen molar-refractivity contribution < 1.29 is 23.0 Å². The van der Waals surface area contributed by atoms with Crippen molar-refractivity contribution in [3.63, 3.8) is 0 Å².